The highest BCUT2D eigenvalue weighted by Crippen LogP contribution is 2.16. The zero-order valence-electron chi connectivity index (χ0n) is 8.89. The number of rotatable bonds is 2. The topological polar surface area (TPSA) is 45.6 Å². The highest BCUT2D eigenvalue weighted by atomic mass is 16.5. The van der Waals surface area contributed by atoms with E-state index >= 15 is 0 Å². The fourth-order valence-corrected chi connectivity index (χ4v) is 1.62. The normalized spacial score (nSPS) is 18.9. The Kier molecular flexibility index (Phi) is 3.18. The number of hydrogen-bond acceptors (Lipinski definition) is 4. The number of aliphatic hydroxyl groups excluding tert-OH is 1. The maximum absolute atomic E-state index is 9.35. The van der Waals surface area contributed by atoms with Crippen molar-refractivity contribution in [1.29, 1.82) is 0 Å². The van der Waals surface area contributed by atoms with E-state index < -0.39 is 6.10 Å². The summed E-state index contributed by atoms with van der Waals surface area (Å²) in [5.74, 6) is 0.961. The lowest BCUT2D eigenvalue weighted by molar-refractivity contribution is 0.122. The Morgan fingerprint density at radius 3 is 2.67 bits per heavy atom. The molecule has 1 fully saturated rings. The molecule has 1 aromatic rings. The lowest BCUT2D eigenvalue weighted by Gasteiger charge is -2.27. The van der Waals surface area contributed by atoms with Crippen LogP contribution in [0.2, 0.25) is 0 Å². The van der Waals surface area contributed by atoms with Gasteiger partial charge in [-0.05, 0) is 18.6 Å². The first-order chi connectivity index (χ1) is 7.27. The van der Waals surface area contributed by atoms with E-state index in [0.29, 0.717) is 0 Å². The van der Waals surface area contributed by atoms with Gasteiger partial charge in [0, 0.05) is 19.3 Å². The summed E-state index contributed by atoms with van der Waals surface area (Å²) in [7, 11) is 0. The molecular weight excluding hydrogens is 192 g/mol. The number of nitrogens with zero attached hydrogens (tertiary/aromatic N) is 2. The Labute approximate surface area is 89.5 Å². The minimum Gasteiger partial charge on any atom is -0.389 e. The van der Waals surface area contributed by atoms with Gasteiger partial charge in [-0.15, -0.1) is 0 Å². The lowest BCUT2D eigenvalue weighted by atomic mass is 10.2. The number of aliphatic hydroxyl groups is 1. The summed E-state index contributed by atoms with van der Waals surface area (Å²) < 4.78 is 5.27. The average molecular weight is 208 g/mol. The first-order valence-corrected chi connectivity index (χ1v) is 5.24. The second kappa shape index (κ2) is 4.59. The molecular formula is C11H16N2O2. The predicted octanol–water partition coefficient (Wildman–Crippen LogP) is 0.972. The van der Waals surface area contributed by atoms with Crippen molar-refractivity contribution in [3.05, 3.63) is 23.9 Å². The van der Waals surface area contributed by atoms with E-state index in [1.165, 1.54) is 0 Å². The zero-order chi connectivity index (χ0) is 10.7. The maximum Gasteiger partial charge on any atom is 0.128 e. The van der Waals surface area contributed by atoms with Gasteiger partial charge in [0.05, 0.1) is 19.3 Å². The van der Waals surface area contributed by atoms with Crippen LogP contribution in [0.5, 0.6) is 0 Å². The molecule has 0 amide bonds. The van der Waals surface area contributed by atoms with Gasteiger partial charge in [0.2, 0.25) is 0 Å². The molecule has 4 nitrogen and oxygen atoms in total. The van der Waals surface area contributed by atoms with E-state index in [4.69, 9.17) is 4.74 Å². The standard InChI is InChI=1S/C11H16N2O2/c1-9(14)10-2-3-11(12-8-10)13-4-6-15-7-5-13/h2-3,8-9,14H,4-7H2,1H3/t9-/m0/s1. The summed E-state index contributed by atoms with van der Waals surface area (Å²) in [5, 5.41) is 9.35. The first kappa shape index (κ1) is 10.4. The van der Waals surface area contributed by atoms with Crippen molar-refractivity contribution < 1.29 is 9.84 Å². The Bertz CT molecular complexity index is 305. The molecule has 1 aliphatic rings. The monoisotopic (exact) mass is 208 g/mol. The fraction of sp³-hybridized carbons (Fsp3) is 0.545. The van der Waals surface area contributed by atoms with E-state index in [1.54, 1.807) is 13.1 Å². The summed E-state index contributed by atoms with van der Waals surface area (Å²) in [6.07, 6.45) is 1.28. The molecule has 82 valence electrons. The smallest absolute Gasteiger partial charge is 0.128 e. The molecule has 4 heteroatoms. The van der Waals surface area contributed by atoms with Gasteiger partial charge in [-0.3, -0.25) is 0 Å². The van der Waals surface area contributed by atoms with Gasteiger partial charge in [0.15, 0.2) is 0 Å². The predicted molar refractivity (Wildman–Crippen MR) is 57.9 cm³/mol. The summed E-state index contributed by atoms with van der Waals surface area (Å²) in [4.78, 5) is 6.52. The van der Waals surface area contributed by atoms with Crippen LogP contribution in [0.25, 0.3) is 0 Å². The number of morpholine rings is 1. The number of ether oxygens (including phenoxy) is 1. The van der Waals surface area contributed by atoms with Crippen LogP contribution < -0.4 is 4.90 Å². The van der Waals surface area contributed by atoms with Gasteiger partial charge in [-0.25, -0.2) is 4.98 Å². The van der Waals surface area contributed by atoms with E-state index in [2.05, 4.69) is 9.88 Å². The minimum atomic E-state index is -0.448. The molecule has 0 aromatic carbocycles. The third-order valence-corrected chi connectivity index (χ3v) is 2.59. The molecule has 1 saturated heterocycles. The largest absolute Gasteiger partial charge is 0.389 e. The molecule has 2 rings (SSSR count). The van der Waals surface area contributed by atoms with Crippen LogP contribution in [-0.4, -0.2) is 36.4 Å². The minimum absolute atomic E-state index is 0.448. The molecule has 0 bridgehead atoms. The highest BCUT2D eigenvalue weighted by molar-refractivity contribution is 5.39. The van der Waals surface area contributed by atoms with Crippen molar-refractivity contribution in [3.63, 3.8) is 0 Å². The van der Waals surface area contributed by atoms with Crippen LogP contribution >= 0.6 is 0 Å². The van der Waals surface area contributed by atoms with E-state index in [9.17, 15) is 5.11 Å². The number of aromatic nitrogens is 1. The molecule has 1 atom stereocenters. The number of pyridine rings is 1. The van der Waals surface area contributed by atoms with Gasteiger partial charge >= 0.3 is 0 Å². The van der Waals surface area contributed by atoms with E-state index in [0.717, 1.165) is 37.7 Å². The van der Waals surface area contributed by atoms with Crippen molar-refractivity contribution in [2.24, 2.45) is 0 Å². The SMILES string of the molecule is C[C@H](O)c1ccc(N2CCOCC2)nc1. The van der Waals surface area contributed by atoms with Crippen LogP contribution in [0.4, 0.5) is 5.82 Å². The molecule has 0 unspecified atom stereocenters. The molecule has 1 aliphatic heterocycles. The van der Waals surface area contributed by atoms with Gasteiger partial charge in [0.1, 0.15) is 5.82 Å². The Balaban J connectivity index is 2.08. The van der Waals surface area contributed by atoms with Crippen molar-refractivity contribution in [2.45, 2.75) is 13.0 Å². The average Bonchev–Trinajstić information content (AvgIpc) is 2.30. The molecule has 1 N–H and O–H groups in total. The lowest BCUT2D eigenvalue weighted by Crippen LogP contribution is -2.36. The molecule has 0 spiro atoms. The third kappa shape index (κ3) is 2.46. The Hall–Kier alpha value is -1.13. The van der Waals surface area contributed by atoms with Crippen LogP contribution in [0, 0.1) is 0 Å². The summed E-state index contributed by atoms with van der Waals surface area (Å²) in [6, 6.07) is 3.87. The fourth-order valence-electron chi connectivity index (χ4n) is 1.62. The van der Waals surface area contributed by atoms with Crippen LogP contribution in [0.1, 0.15) is 18.6 Å². The van der Waals surface area contributed by atoms with Crippen LogP contribution in [-0.2, 0) is 4.74 Å². The molecule has 2 heterocycles. The van der Waals surface area contributed by atoms with Gasteiger partial charge in [-0.1, -0.05) is 6.07 Å². The van der Waals surface area contributed by atoms with E-state index in [-0.39, 0.29) is 0 Å². The second-order valence-corrected chi connectivity index (χ2v) is 3.73. The third-order valence-electron chi connectivity index (χ3n) is 2.59. The van der Waals surface area contributed by atoms with Crippen LogP contribution in [0.3, 0.4) is 0 Å². The zero-order valence-corrected chi connectivity index (χ0v) is 8.89. The van der Waals surface area contributed by atoms with Crippen molar-refractivity contribution in [3.8, 4) is 0 Å². The number of anilines is 1. The maximum atomic E-state index is 9.35. The van der Waals surface area contributed by atoms with Crippen molar-refractivity contribution in [2.75, 3.05) is 31.2 Å². The second-order valence-electron chi connectivity index (χ2n) is 3.73. The van der Waals surface area contributed by atoms with Crippen molar-refractivity contribution in [1.82, 2.24) is 4.98 Å². The summed E-state index contributed by atoms with van der Waals surface area (Å²) >= 11 is 0. The van der Waals surface area contributed by atoms with Gasteiger partial charge < -0.3 is 14.7 Å². The number of hydrogen-bond donors (Lipinski definition) is 1. The molecule has 0 saturated carbocycles. The molecule has 0 aliphatic carbocycles. The molecule has 15 heavy (non-hydrogen) atoms. The molecule has 0 radical (unpaired) electrons. The van der Waals surface area contributed by atoms with Crippen LogP contribution in [0.15, 0.2) is 18.3 Å². The summed E-state index contributed by atoms with van der Waals surface area (Å²) in [5.41, 5.74) is 0.854. The Morgan fingerprint density at radius 1 is 1.40 bits per heavy atom. The quantitative estimate of drug-likeness (QED) is 0.786. The van der Waals surface area contributed by atoms with Gasteiger partial charge in [0.25, 0.3) is 0 Å². The summed E-state index contributed by atoms with van der Waals surface area (Å²) in [6.45, 7) is 5.05. The van der Waals surface area contributed by atoms with Gasteiger partial charge in [-0.2, -0.15) is 0 Å². The highest BCUT2D eigenvalue weighted by Gasteiger charge is 2.12. The molecule has 1 aromatic heterocycles. The Morgan fingerprint density at radius 2 is 2.13 bits per heavy atom. The first-order valence-electron chi connectivity index (χ1n) is 5.24. The van der Waals surface area contributed by atoms with Crippen molar-refractivity contribution >= 4 is 5.82 Å². The van der Waals surface area contributed by atoms with E-state index in [1.807, 2.05) is 12.1 Å².